The molecule has 0 aliphatic rings. The topological polar surface area (TPSA) is 60.2 Å². The number of alkyl halides is 3. The van der Waals surface area contributed by atoms with E-state index < -0.39 is 12.8 Å². The highest BCUT2D eigenvalue weighted by molar-refractivity contribution is 5.43. The average Bonchev–Trinajstić information content (AvgIpc) is 2.74. The van der Waals surface area contributed by atoms with Crippen molar-refractivity contribution in [3.05, 3.63) is 35.3 Å². The van der Waals surface area contributed by atoms with Gasteiger partial charge in [-0.15, -0.1) is 0 Å². The molecule has 0 fully saturated rings. The summed E-state index contributed by atoms with van der Waals surface area (Å²) in [5, 5.41) is 6.92. The third-order valence-corrected chi connectivity index (χ3v) is 2.77. The van der Waals surface area contributed by atoms with Gasteiger partial charge in [0.25, 0.3) is 0 Å². The maximum absolute atomic E-state index is 12.0. The summed E-state index contributed by atoms with van der Waals surface area (Å²) < 4.78 is 45.5. The second-order valence-corrected chi connectivity index (χ2v) is 4.45. The minimum atomic E-state index is -4.37. The Morgan fingerprint density at radius 1 is 1.29 bits per heavy atom. The van der Waals surface area contributed by atoms with Crippen LogP contribution in [0.2, 0.25) is 0 Å². The quantitative estimate of drug-likeness (QED) is 0.918. The number of aryl methyl sites for hydroxylation is 2. The van der Waals surface area contributed by atoms with E-state index in [0.717, 1.165) is 17.0 Å². The van der Waals surface area contributed by atoms with Crippen LogP contribution in [-0.2, 0) is 6.54 Å². The van der Waals surface area contributed by atoms with Gasteiger partial charge in [-0.2, -0.15) is 13.2 Å². The molecule has 0 aliphatic heterocycles. The van der Waals surface area contributed by atoms with Gasteiger partial charge in [-0.25, -0.2) is 4.98 Å². The maximum atomic E-state index is 12.0. The molecule has 0 atom stereocenters. The van der Waals surface area contributed by atoms with Gasteiger partial charge in [0.05, 0.1) is 17.6 Å². The fourth-order valence-corrected chi connectivity index (χ4v) is 1.67. The summed E-state index contributed by atoms with van der Waals surface area (Å²) in [5.74, 6) is 0.647. The number of halogens is 3. The Bertz CT molecular complexity index is 574. The van der Waals surface area contributed by atoms with Crippen molar-refractivity contribution in [1.82, 2.24) is 10.1 Å². The van der Waals surface area contributed by atoms with Gasteiger partial charge < -0.3 is 14.6 Å². The first-order valence-electron chi connectivity index (χ1n) is 6.16. The molecule has 2 aromatic rings. The highest BCUT2D eigenvalue weighted by Crippen LogP contribution is 2.19. The molecule has 2 aromatic heterocycles. The van der Waals surface area contributed by atoms with Crippen LogP contribution in [0.1, 0.15) is 17.0 Å². The minimum absolute atomic E-state index is 0.0739. The summed E-state index contributed by atoms with van der Waals surface area (Å²) in [5.41, 5.74) is 2.39. The van der Waals surface area contributed by atoms with E-state index in [9.17, 15) is 13.2 Å². The van der Waals surface area contributed by atoms with Gasteiger partial charge in [-0.1, -0.05) is 5.16 Å². The van der Waals surface area contributed by atoms with Crippen LogP contribution < -0.4 is 10.1 Å². The van der Waals surface area contributed by atoms with Gasteiger partial charge in [0.2, 0.25) is 5.88 Å². The van der Waals surface area contributed by atoms with Gasteiger partial charge in [0, 0.05) is 18.2 Å². The molecule has 2 rings (SSSR count). The zero-order valence-electron chi connectivity index (χ0n) is 11.5. The van der Waals surface area contributed by atoms with Crippen LogP contribution in [-0.4, -0.2) is 22.9 Å². The van der Waals surface area contributed by atoms with E-state index in [2.05, 4.69) is 20.2 Å². The molecule has 0 unspecified atom stereocenters. The molecular weight excluding hydrogens is 287 g/mol. The van der Waals surface area contributed by atoms with Crippen molar-refractivity contribution in [1.29, 1.82) is 0 Å². The van der Waals surface area contributed by atoms with Crippen LogP contribution >= 0.6 is 0 Å². The van der Waals surface area contributed by atoms with Crippen molar-refractivity contribution in [2.45, 2.75) is 26.6 Å². The molecule has 1 N–H and O–H groups in total. The lowest BCUT2D eigenvalue weighted by atomic mass is 10.2. The number of aromatic nitrogens is 2. The average molecular weight is 301 g/mol. The first-order valence-corrected chi connectivity index (χ1v) is 6.16. The zero-order valence-corrected chi connectivity index (χ0v) is 11.5. The molecule has 0 aliphatic carbocycles. The van der Waals surface area contributed by atoms with E-state index >= 15 is 0 Å². The third-order valence-electron chi connectivity index (χ3n) is 2.77. The Labute approximate surface area is 119 Å². The first kappa shape index (κ1) is 15.1. The molecule has 0 amide bonds. The van der Waals surface area contributed by atoms with E-state index in [1.807, 2.05) is 13.8 Å². The summed E-state index contributed by atoms with van der Waals surface area (Å²) in [6, 6.07) is 2.97. The largest absolute Gasteiger partial charge is 0.468 e. The zero-order chi connectivity index (χ0) is 15.5. The van der Waals surface area contributed by atoms with Crippen LogP contribution in [0.15, 0.2) is 22.9 Å². The van der Waals surface area contributed by atoms with Crippen molar-refractivity contribution < 1.29 is 22.4 Å². The Kier molecular flexibility index (Phi) is 4.35. The summed E-state index contributed by atoms with van der Waals surface area (Å²) in [6.07, 6.45) is -2.97. The predicted octanol–water partition coefficient (Wildman–Crippen LogP) is 3.24. The summed E-state index contributed by atoms with van der Waals surface area (Å²) in [6.45, 7) is 2.78. The van der Waals surface area contributed by atoms with Crippen LogP contribution in [0, 0.1) is 13.8 Å². The Morgan fingerprint density at radius 3 is 2.57 bits per heavy atom. The fourth-order valence-electron chi connectivity index (χ4n) is 1.67. The number of ether oxygens (including phenoxy) is 1. The lowest BCUT2D eigenvalue weighted by molar-refractivity contribution is -0.154. The highest BCUT2D eigenvalue weighted by Gasteiger charge is 2.28. The van der Waals surface area contributed by atoms with E-state index in [0.29, 0.717) is 12.2 Å². The number of pyridine rings is 1. The molecular formula is C13H14F3N3O2. The standard InChI is InChI=1S/C13H14F3N3O2/c1-8-11(9(2)21-19-8)6-17-10-3-4-12(18-5-10)20-7-13(14,15)16/h3-5,17H,6-7H2,1-2H3. The van der Waals surface area contributed by atoms with Gasteiger partial charge in [-0.3, -0.25) is 0 Å². The van der Waals surface area contributed by atoms with Gasteiger partial charge in [-0.05, 0) is 19.9 Å². The van der Waals surface area contributed by atoms with Gasteiger partial charge >= 0.3 is 6.18 Å². The molecule has 21 heavy (non-hydrogen) atoms. The van der Waals surface area contributed by atoms with Gasteiger partial charge in [0.1, 0.15) is 5.76 Å². The molecule has 2 heterocycles. The minimum Gasteiger partial charge on any atom is -0.468 e. The number of nitrogens with one attached hydrogen (secondary N) is 1. The van der Waals surface area contributed by atoms with Crippen LogP contribution in [0.25, 0.3) is 0 Å². The summed E-state index contributed by atoms with van der Waals surface area (Å²) >= 11 is 0. The normalized spacial score (nSPS) is 11.5. The van der Waals surface area contributed by atoms with Crippen LogP contribution in [0.5, 0.6) is 5.88 Å². The number of hydrogen-bond acceptors (Lipinski definition) is 5. The molecule has 0 radical (unpaired) electrons. The van der Waals surface area contributed by atoms with E-state index in [1.54, 1.807) is 6.07 Å². The Morgan fingerprint density at radius 2 is 2.05 bits per heavy atom. The number of rotatable bonds is 5. The number of anilines is 1. The van der Waals surface area contributed by atoms with Crippen molar-refractivity contribution in [3.63, 3.8) is 0 Å². The van der Waals surface area contributed by atoms with Crippen molar-refractivity contribution in [2.75, 3.05) is 11.9 Å². The molecule has 114 valence electrons. The third kappa shape index (κ3) is 4.37. The highest BCUT2D eigenvalue weighted by atomic mass is 19.4. The molecule has 0 spiro atoms. The van der Waals surface area contributed by atoms with E-state index in [-0.39, 0.29) is 5.88 Å². The van der Waals surface area contributed by atoms with Crippen molar-refractivity contribution in [3.8, 4) is 5.88 Å². The summed E-state index contributed by atoms with van der Waals surface area (Å²) in [7, 11) is 0. The number of hydrogen-bond donors (Lipinski definition) is 1. The van der Waals surface area contributed by atoms with Crippen molar-refractivity contribution in [2.24, 2.45) is 0 Å². The smallest absolute Gasteiger partial charge is 0.422 e. The number of nitrogens with zero attached hydrogens (tertiary/aromatic N) is 2. The second kappa shape index (κ2) is 6.02. The lowest BCUT2D eigenvalue weighted by Gasteiger charge is -2.09. The van der Waals surface area contributed by atoms with Crippen LogP contribution in [0.4, 0.5) is 18.9 Å². The SMILES string of the molecule is Cc1noc(C)c1CNc1ccc(OCC(F)(F)F)nc1. The molecule has 5 nitrogen and oxygen atoms in total. The summed E-state index contributed by atoms with van der Waals surface area (Å²) in [4.78, 5) is 3.80. The second-order valence-electron chi connectivity index (χ2n) is 4.45. The van der Waals surface area contributed by atoms with E-state index in [4.69, 9.17) is 4.52 Å². The maximum Gasteiger partial charge on any atom is 0.422 e. The van der Waals surface area contributed by atoms with E-state index in [1.165, 1.54) is 12.3 Å². The Hall–Kier alpha value is -2.25. The predicted molar refractivity (Wildman–Crippen MR) is 69.1 cm³/mol. The fraction of sp³-hybridized carbons (Fsp3) is 0.385. The van der Waals surface area contributed by atoms with Gasteiger partial charge in [0.15, 0.2) is 6.61 Å². The first-order chi connectivity index (χ1) is 9.85. The molecule has 0 aromatic carbocycles. The van der Waals surface area contributed by atoms with Crippen molar-refractivity contribution >= 4 is 5.69 Å². The Balaban J connectivity index is 1.91. The lowest BCUT2D eigenvalue weighted by Crippen LogP contribution is -2.19. The molecule has 0 saturated heterocycles. The molecule has 0 saturated carbocycles. The van der Waals surface area contributed by atoms with Crippen LogP contribution in [0.3, 0.4) is 0 Å². The molecule has 0 bridgehead atoms. The molecule has 8 heteroatoms. The monoisotopic (exact) mass is 301 g/mol.